The van der Waals surface area contributed by atoms with Crippen molar-refractivity contribution in [3.8, 4) is 0 Å². The Morgan fingerprint density at radius 2 is 2.00 bits per heavy atom. The predicted octanol–water partition coefficient (Wildman–Crippen LogP) is 3.33. The Bertz CT molecular complexity index is 494. The summed E-state index contributed by atoms with van der Waals surface area (Å²) in [5.41, 5.74) is 0.470. The molecule has 0 saturated heterocycles. The number of rotatable bonds is 4. The van der Waals surface area contributed by atoms with Crippen LogP contribution in [0.3, 0.4) is 0 Å². The number of hydrogen-bond donors (Lipinski definition) is 3. The van der Waals surface area contributed by atoms with E-state index in [4.69, 9.17) is 16.7 Å². The van der Waals surface area contributed by atoms with Gasteiger partial charge in [-0.15, -0.1) is 0 Å². The average molecular weight is 350 g/mol. The highest BCUT2D eigenvalue weighted by Crippen LogP contribution is 2.25. The van der Waals surface area contributed by atoms with Gasteiger partial charge in [0.2, 0.25) is 0 Å². The van der Waals surface area contributed by atoms with Gasteiger partial charge in [0.1, 0.15) is 6.04 Å². The number of anilines is 1. The van der Waals surface area contributed by atoms with E-state index in [0.29, 0.717) is 15.2 Å². The van der Waals surface area contributed by atoms with Crippen LogP contribution in [0, 0.1) is 5.92 Å². The minimum Gasteiger partial charge on any atom is -0.480 e. The molecule has 1 atom stereocenters. The van der Waals surface area contributed by atoms with Gasteiger partial charge in [-0.2, -0.15) is 0 Å². The first kappa shape index (κ1) is 15.8. The molecule has 0 saturated carbocycles. The van der Waals surface area contributed by atoms with Crippen molar-refractivity contribution in [2.24, 2.45) is 5.92 Å². The number of hydrogen-bond acceptors (Lipinski definition) is 2. The molecule has 5 nitrogen and oxygen atoms in total. The largest absolute Gasteiger partial charge is 0.480 e. The van der Waals surface area contributed by atoms with Gasteiger partial charge in [0.15, 0.2) is 0 Å². The third-order valence-electron chi connectivity index (χ3n) is 2.40. The lowest BCUT2D eigenvalue weighted by Gasteiger charge is -2.18. The average Bonchev–Trinajstić information content (AvgIpc) is 2.30. The number of urea groups is 1. The number of carbonyl (C=O) groups excluding carboxylic acids is 1. The van der Waals surface area contributed by atoms with E-state index in [1.54, 1.807) is 32.0 Å². The van der Waals surface area contributed by atoms with Crippen LogP contribution in [-0.4, -0.2) is 23.1 Å². The Morgan fingerprint density at radius 3 is 2.53 bits per heavy atom. The van der Waals surface area contributed by atoms with Gasteiger partial charge in [-0.3, -0.25) is 0 Å². The van der Waals surface area contributed by atoms with Gasteiger partial charge in [-0.1, -0.05) is 25.4 Å². The van der Waals surface area contributed by atoms with E-state index in [0.717, 1.165) is 0 Å². The van der Waals surface area contributed by atoms with Crippen LogP contribution in [0.5, 0.6) is 0 Å². The maximum atomic E-state index is 11.7. The van der Waals surface area contributed by atoms with Crippen LogP contribution >= 0.6 is 27.5 Å². The summed E-state index contributed by atoms with van der Waals surface area (Å²) in [4.78, 5) is 22.7. The fraction of sp³-hybridized carbons (Fsp3) is 0.333. The molecule has 19 heavy (non-hydrogen) atoms. The Labute approximate surface area is 124 Å². The molecule has 0 bridgehead atoms. The zero-order valence-corrected chi connectivity index (χ0v) is 12.7. The maximum Gasteiger partial charge on any atom is 0.326 e. The van der Waals surface area contributed by atoms with Crippen molar-refractivity contribution in [2.75, 3.05) is 5.32 Å². The number of aliphatic carboxylic acids is 1. The second-order valence-corrected chi connectivity index (χ2v) is 5.57. The molecule has 1 aromatic carbocycles. The lowest BCUT2D eigenvalue weighted by Crippen LogP contribution is -2.46. The Hall–Kier alpha value is -1.27. The first-order valence-electron chi connectivity index (χ1n) is 5.56. The second-order valence-electron chi connectivity index (χ2n) is 4.28. The molecular weight excluding hydrogens is 336 g/mol. The number of carboxylic acids is 1. The van der Waals surface area contributed by atoms with Gasteiger partial charge in [0.05, 0.1) is 5.69 Å². The maximum absolute atomic E-state index is 11.7. The van der Waals surface area contributed by atoms with E-state index in [9.17, 15) is 9.59 Å². The van der Waals surface area contributed by atoms with E-state index in [2.05, 4.69) is 26.6 Å². The molecule has 0 aliphatic carbocycles. The van der Waals surface area contributed by atoms with Gasteiger partial charge < -0.3 is 15.7 Å². The molecule has 0 aliphatic heterocycles. The highest BCUT2D eigenvalue weighted by Gasteiger charge is 2.23. The fourth-order valence-corrected chi connectivity index (χ4v) is 1.92. The summed E-state index contributed by atoms with van der Waals surface area (Å²) in [7, 11) is 0. The summed E-state index contributed by atoms with van der Waals surface area (Å²) in [6.07, 6.45) is 0. The number of carbonyl (C=O) groups is 2. The third kappa shape index (κ3) is 4.72. The smallest absolute Gasteiger partial charge is 0.326 e. The summed E-state index contributed by atoms with van der Waals surface area (Å²) in [5.74, 6) is -1.29. The molecule has 2 amide bonds. The third-order valence-corrected chi connectivity index (χ3v) is 3.32. The van der Waals surface area contributed by atoms with Crippen LogP contribution in [0.2, 0.25) is 5.02 Å². The summed E-state index contributed by atoms with van der Waals surface area (Å²) in [5, 5.41) is 14.4. The zero-order chi connectivity index (χ0) is 14.6. The molecule has 104 valence electrons. The molecular formula is C12H14BrClN2O3. The van der Waals surface area contributed by atoms with E-state index in [1.165, 1.54) is 0 Å². The number of halogens is 2. The van der Waals surface area contributed by atoms with Crippen LogP contribution in [0.4, 0.5) is 10.5 Å². The normalized spacial score (nSPS) is 12.1. The molecule has 0 fully saturated rings. The van der Waals surface area contributed by atoms with Gasteiger partial charge >= 0.3 is 12.0 Å². The van der Waals surface area contributed by atoms with Crippen molar-refractivity contribution < 1.29 is 14.7 Å². The Balaban J connectivity index is 2.74. The van der Waals surface area contributed by atoms with E-state index in [1.807, 2.05) is 0 Å². The molecule has 1 aromatic rings. The van der Waals surface area contributed by atoms with Gasteiger partial charge in [-0.25, -0.2) is 9.59 Å². The fourth-order valence-electron chi connectivity index (χ4n) is 1.41. The molecule has 7 heteroatoms. The summed E-state index contributed by atoms with van der Waals surface area (Å²) in [6, 6.07) is 3.39. The zero-order valence-electron chi connectivity index (χ0n) is 10.4. The number of amides is 2. The summed E-state index contributed by atoms with van der Waals surface area (Å²) in [6.45, 7) is 3.43. The molecule has 0 radical (unpaired) electrons. The van der Waals surface area contributed by atoms with E-state index < -0.39 is 18.0 Å². The first-order valence-corrected chi connectivity index (χ1v) is 6.73. The highest BCUT2D eigenvalue weighted by atomic mass is 79.9. The molecule has 1 rings (SSSR count). The number of nitrogens with one attached hydrogen (secondary N) is 2. The number of benzene rings is 1. The molecule has 3 N–H and O–H groups in total. The molecule has 0 unspecified atom stereocenters. The van der Waals surface area contributed by atoms with Crippen LogP contribution in [0.1, 0.15) is 13.8 Å². The molecule has 0 heterocycles. The van der Waals surface area contributed by atoms with Crippen molar-refractivity contribution in [3.05, 3.63) is 27.7 Å². The Kier molecular flexibility index (Phi) is 5.62. The van der Waals surface area contributed by atoms with Gasteiger partial charge in [0, 0.05) is 9.50 Å². The summed E-state index contributed by atoms with van der Waals surface area (Å²) < 4.78 is 0.656. The standard InChI is InChI=1S/C12H14BrClN2O3/c1-6(2)10(11(17)18)16-12(19)15-9-5-7(14)3-4-8(9)13/h3-6,10H,1-2H3,(H,17,18)(H2,15,16,19)/t10-/m1/s1. The number of carboxylic acid groups (broad SMARTS) is 1. The molecule has 0 aliphatic rings. The summed E-state index contributed by atoms with van der Waals surface area (Å²) >= 11 is 9.09. The molecule has 0 spiro atoms. The minimum absolute atomic E-state index is 0.217. The van der Waals surface area contributed by atoms with Crippen LogP contribution in [0.25, 0.3) is 0 Å². The highest BCUT2D eigenvalue weighted by molar-refractivity contribution is 9.10. The minimum atomic E-state index is -1.07. The first-order chi connectivity index (χ1) is 8.81. The van der Waals surface area contributed by atoms with E-state index in [-0.39, 0.29) is 5.92 Å². The lowest BCUT2D eigenvalue weighted by atomic mass is 10.1. The Morgan fingerprint density at radius 1 is 1.37 bits per heavy atom. The monoisotopic (exact) mass is 348 g/mol. The van der Waals surface area contributed by atoms with Crippen molar-refractivity contribution in [2.45, 2.75) is 19.9 Å². The second kappa shape index (κ2) is 6.77. The van der Waals surface area contributed by atoms with Crippen LogP contribution in [0.15, 0.2) is 22.7 Å². The lowest BCUT2D eigenvalue weighted by molar-refractivity contribution is -0.140. The molecule has 0 aromatic heterocycles. The van der Waals surface area contributed by atoms with Gasteiger partial charge in [0.25, 0.3) is 0 Å². The van der Waals surface area contributed by atoms with Gasteiger partial charge in [-0.05, 0) is 40.0 Å². The van der Waals surface area contributed by atoms with Crippen molar-refractivity contribution >= 4 is 45.2 Å². The van der Waals surface area contributed by atoms with Crippen molar-refractivity contribution in [1.82, 2.24) is 5.32 Å². The van der Waals surface area contributed by atoms with Crippen molar-refractivity contribution in [1.29, 1.82) is 0 Å². The quantitative estimate of drug-likeness (QED) is 0.780. The predicted molar refractivity (Wildman–Crippen MR) is 77.6 cm³/mol. The topological polar surface area (TPSA) is 78.4 Å². The van der Waals surface area contributed by atoms with Crippen LogP contribution < -0.4 is 10.6 Å². The van der Waals surface area contributed by atoms with Crippen LogP contribution in [-0.2, 0) is 4.79 Å². The SMILES string of the molecule is CC(C)[C@@H](NC(=O)Nc1cc(Cl)ccc1Br)C(=O)O. The van der Waals surface area contributed by atoms with E-state index >= 15 is 0 Å². The van der Waals surface area contributed by atoms with Crippen molar-refractivity contribution in [3.63, 3.8) is 0 Å².